The Bertz CT molecular complexity index is 1190. The van der Waals surface area contributed by atoms with Crippen LogP contribution in [0.15, 0.2) is 48.0 Å². The minimum absolute atomic E-state index is 0.00692. The molecule has 36 heavy (non-hydrogen) atoms. The molecule has 1 saturated heterocycles. The summed E-state index contributed by atoms with van der Waals surface area (Å²) in [6, 6.07) is 10.6. The van der Waals surface area contributed by atoms with E-state index in [4.69, 9.17) is 14.2 Å². The number of Topliss-reactive ketones (excluding diaryl/α,β-unsaturated/α-hetero) is 1. The van der Waals surface area contributed by atoms with Gasteiger partial charge in [0.2, 0.25) is 6.79 Å². The fourth-order valence-electron chi connectivity index (χ4n) is 4.58. The molecule has 0 spiro atoms. The van der Waals surface area contributed by atoms with E-state index in [0.717, 1.165) is 19.6 Å². The van der Waals surface area contributed by atoms with Gasteiger partial charge < -0.3 is 29.1 Å². The predicted octanol–water partition coefficient (Wildman–Crippen LogP) is 3.36. The molecule has 2 aromatic carbocycles. The van der Waals surface area contributed by atoms with Crippen molar-refractivity contribution in [2.75, 3.05) is 40.1 Å². The number of ether oxygens (including phenoxy) is 3. The van der Waals surface area contributed by atoms with Crippen LogP contribution in [0.5, 0.6) is 11.5 Å². The Labute approximate surface area is 209 Å². The van der Waals surface area contributed by atoms with Gasteiger partial charge in [-0.3, -0.25) is 9.59 Å². The van der Waals surface area contributed by atoms with E-state index in [-0.39, 0.29) is 18.1 Å². The first-order chi connectivity index (χ1) is 17.4. The largest absolute Gasteiger partial charge is 0.507 e. The van der Waals surface area contributed by atoms with Gasteiger partial charge in [-0.15, -0.1) is 0 Å². The van der Waals surface area contributed by atoms with Crippen LogP contribution in [0.1, 0.15) is 47.8 Å². The van der Waals surface area contributed by atoms with Crippen molar-refractivity contribution in [1.29, 1.82) is 0 Å². The van der Waals surface area contributed by atoms with Gasteiger partial charge in [0, 0.05) is 12.1 Å². The zero-order chi connectivity index (χ0) is 25.8. The van der Waals surface area contributed by atoms with Crippen molar-refractivity contribution in [3.63, 3.8) is 0 Å². The van der Waals surface area contributed by atoms with Gasteiger partial charge in [0.05, 0.1) is 24.3 Å². The first-order valence-corrected chi connectivity index (χ1v) is 12.0. The van der Waals surface area contributed by atoms with Gasteiger partial charge in [-0.2, -0.15) is 0 Å². The molecule has 0 saturated carbocycles. The molecule has 1 atom stereocenters. The molecule has 1 fully saturated rings. The minimum Gasteiger partial charge on any atom is -0.507 e. The summed E-state index contributed by atoms with van der Waals surface area (Å²) >= 11 is 0. The fourth-order valence-corrected chi connectivity index (χ4v) is 4.58. The number of carbonyl (C=O) groups excluding carboxylic acids is 3. The minimum atomic E-state index is -0.807. The van der Waals surface area contributed by atoms with Crippen molar-refractivity contribution in [3.05, 3.63) is 64.7 Å². The number of methoxy groups -OCH3 is 1. The zero-order valence-electron chi connectivity index (χ0n) is 20.7. The number of aliphatic hydroxyl groups excluding tert-OH is 1. The van der Waals surface area contributed by atoms with E-state index in [2.05, 4.69) is 18.7 Å². The van der Waals surface area contributed by atoms with Crippen molar-refractivity contribution in [2.45, 2.75) is 26.3 Å². The van der Waals surface area contributed by atoms with Crippen LogP contribution in [-0.2, 0) is 14.3 Å². The molecule has 0 bridgehead atoms. The van der Waals surface area contributed by atoms with E-state index in [1.807, 2.05) is 0 Å². The van der Waals surface area contributed by atoms with Gasteiger partial charge in [-0.25, -0.2) is 4.79 Å². The molecule has 1 amide bonds. The molecule has 190 valence electrons. The number of rotatable bonds is 9. The van der Waals surface area contributed by atoms with Crippen LogP contribution >= 0.6 is 0 Å². The van der Waals surface area contributed by atoms with Crippen LogP contribution < -0.4 is 9.47 Å². The van der Waals surface area contributed by atoms with E-state index >= 15 is 0 Å². The van der Waals surface area contributed by atoms with Crippen molar-refractivity contribution in [2.24, 2.45) is 0 Å². The third kappa shape index (κ3) is 4.79. The Hall–Kier alpha value is -3.85. The first-order valence-electron chi connectivity index (χ1n) is 12.0. The Balaban J connectivity index is 1.74. The molecule has 0 radical (unpaired) electrons. The highest BCUT2D eigenvalue weighted by atomic mass is 16.7. The summed E-state index contributed by atoms with van der Waals surface area (Å²) in [5.74, 6) is -1.21. The van der Waals surface area contributed by atoms with E-state index in [1.165, 1.54) is 12.0 Å². The number of likely N-dealkylation sites (tertiary alicyclic amines) is 1. The smallest absolute Gasteiger partial charge is 0.337 e. The maximum absolute atomic E-state index is 13.2. The fraction of sp³-hybridized carbons (Fsp3) is 0.370. The predicted molar refractivity (Wildman–Crippen MR) is 132 cm³/mol. The molecular formula is C27H30N2O7. The second kappa shape index (κ2) is 10.8. The average molecular weight is 495 g/mol. The lowest BCUT2D eigenvalue weighted by molar-refractivity contribution is -0.140. The number of fused-ring (bicyclic) bond motifs is 1. The van der Waals surface area contributed by atoms with Gasteiger partial charge >= 0.3 is 5.97 Å². The van der Waals surface area contributed by atoms with Crippen LogP contribution in [0.2, 0.25) is 0 Å². The number of hydrogen-bond donors (Lipinski definition) is 1. The molecule has 2 aliphatic rings. The second-order valence-electron chi connectivity index (χ2n) is 8.55. The zero-order valence-corrected chi connectivity index (χ0v) is 20.7. The van der Waals surface area contributed by atoms with Gasteiger partial charge in [-0.1, -0.05) is 26.0 Å². The average Bonchev–Trinajstić information content (AvgIpc) is 3.48. The van der Waals surface area contributed by atoms with Crippen molar-refractivity contribution in [1.82, 2.24) is 9.80 Å². The van der Waals surface area contributed by atoms with Crippen molar-refractivity contribution >= 4 is 23.4 Å². The van der Waals surface area contributed by atoms with Gasteiger partial charge in [0.1, 0.15) is 5.76 Å². The normalized spacial score (nSPS) is 18.2. The summed E-state index contributed by atoms with van der Waals surface area (Å²) in [5.41, 5.74) is 1.28. The Kier molecular flexibility index (Phi) is 7.59. The third-order valence-corrected chi connectivity index (χ3v) is 6.60. The highest BCUT2D eigenvalue weighted by Crippen LogP contribution is 2.41. The lowest BCUT2D eigenvalue weighted by Gasteiger charge is -2.27. The lowest BCUT2D eigenvalue weighted by Crippen LogP contribution is -2.33. The molecule has 2 aliphatic heterocycles. The monoisotopic (exact) mass is 494 g/mol. The summed E-state index contributed by atoms with van der Waals surface area (Å²) in [6.07, 6.45) is 0.662. The lowest BCUT2D eigenvalue weighted by atomic mass is 9.94. The molecule has 1 N–H and O–H groups in total. The summed E-state index contributed by atoms with van der Waals surface area (Å²) < 4.78 is 15.5. The molecule has 0 aliphatic carbocycles. The highest BCUT2D eigenvalue weighted by Gasteiger charge is 2.46. The van der Waals surface area contributed by atoms with Crippen molar-refractivity contribution < 1.29 is 33.7 Å². The SMILES string of the molecule is CCN(CC)CCCN1C(=O)C(=O)/C(=C(/O)c2ccc3c(c2)OCO3)C1c1ccc(C(=O)OC)cc1. The maximum atomic E-state index is 13.2. The number of esters is 1. The Morgan fingerprint density at radius 2 is 1.72 bits per heavy atom. The number of amides is 1. The number of aliphatic hydroxyl groups is 1. The number of carbonyl (C=O) groups is 3. The highest BCUT2D eigenvalue weighted by molar-refractivity contribution is 6.46. The molecule has 2 aromatic rings. The van der Waals surface area contributed by atoms with Crippen LogP contribution in [-0.4, -0.2) is 72.6 Å². The molecule has 9 heteroatoms. The summed E-state index contributed by atoms with van der Waals surface area (Å²) in [5, 5.41) is 11.3. The molecule has 0 aromatic heterocycles. The van der Waals surface area contributed by atoms with E-state index in [1.54, 1.807) is 42.5 Å². The number of benzene rings is 2. The molecule has 9 nitrogen and oxygen atoms in total. The maximum Gasteiger partial charge on any atom is 0.337 e. The van der Waals surface area contributed by atoms with E-state index < -0.39 is 23.7 Å². The first kappa shape index (κ1) is 25.2. The third-order valence-electron chi connectivity index (χ3n) is 6.60. The van der Waals surface area contributed by atoms with Gasteiger partial charge in [0.25, 0.3) is 11.7 Å². The second-order valence-corrected chi connectivity index (χ2v) is 8.55. The van der Waals surface area contributed by atoms with Crippen LogP contribution in [0.4, 0.5) is 0 Å². The number of hydrogen-bond acceptors (Lipinski definition) is 8. The molecule has 4 rings (SSSR count). The number of nitrogens with zero attached hydrogens (tertiary/aromatic N) is 2. The Morgan fingerprint density at radius 1 is 1.06 bits per heavy atom. The summed E-state index contributed by atoms with van der Waals surface area (Å²) in [7, 11) is 1.30. The quantitative estimate of drug-likeness (QED) is 0.245. The standard InChI is InChI=1S/C27H30N2O7/c1-4-28(5-2)13-6-14-29-23(17-7-9-18(10-8-17)27(33)34-3)22(25(31)26(29)32)24(30)19-11-12-20-21(15-19)36-16-35-20/h7-12,15,23,30H,4-6,13-14,16H2,1-3H3/b24-22+. The van der Waals surface area contributed by atoms with Gasteiger partial charge in [0.15, 0.2) is 11.5 Å². The summed E-state index contributed by atoms with van der Waals surface area (Å²) in [6.45, 7) is 7.10. The van der Waals surface area contributed by atoms with Crippen molar-refractivity contribution in [3.8, 4) is 11.5 Å². The molecule has 1 unspecified atom stereocenters. The Morgan fingerprint density at radius 3 is 2.39 bits per heavy atom. The van der Waals surface area contributed by atoms with Crippen LogP contribution in [0.3, 0.4) is 0 Å². The number of ketones is 1. The molecule has 2 heterocycles. The van der Waals surface area contributed by atoms with Crippen LogP contribution in [0.25, 0.3) is 5.76 Å². The van der Waals surface area contributed by atoms with E-state index in [0.29, 0.717) is 41.2 Å². The van der Waals surface area contributed by atoms with Crippen LogP contribution in [0, 0.1) is 0 Å². The van der Waals surface area contributed by atoms with E-state index in [9.17, 15) is 19.5 Å². The van der Waals surface area contributed by atoms with Gasteiger partial charge in [-0.05, 0) is 62.0 Å². The summed E-state index contributed by atoms with van der Waals surface area (Å²) in [4.78, 5) is 42.0. The molecular weight excluding hydrogens is 464 g/mol. The topological polar surface area (TPSA) is 106 Å².